The van der Waals surface area contributed by atoms with E-state index in [0.717, 1.165) is 18.8 Å². The Balaban J connectivity index is 1.64. The maximum absolute atomic E-state index is 12.0. The number of carbonyl (C=O) groups excluding carboxylic acids is 1. The van der Waals surface area contributed by atoms with E-state index in [1.807, 2.05) is 13.8 Å². The van der Waals surface area contributed by atoms with Crippen molar-refractivity contribution in [3.05, 3.63) is 34.4 Å². The van der Waals surface area contributed by atoms with Crippen LogP contribution in [0.2, 0.25) is 0 Å². The minimum absolute atomic E-state index is 0.0248. The molecule has 8 heteroatoms. The first-order valence-electron chi connectivity index (χ1n) is 8.18. The van der Waals surface area contributed by atoms with Gasteiger partial charge in [-0.2, -0.15) is 0 Å². The van der Waals surface area contributed by atoms with Crippen molar-refractivity contribution in [1.82, 2.24) is 5.32 Å². The molecule has 0 spiro atoms. The van der Waals surface area contributed by atoms with E-state index in [2.05, 4.69) is 10.6 Å². The van der Waals surface area contributed by atoms with Crippen LogP contribution in [0.5, 0.6) is 0 Å². The van der Waals surface area contributed by atoms with Crippen molar-refractivity contribution < 1.29 is 19.4 Å². The third-order valence-corrected chi connectivity index (χ3v) is 3.88. The summed E-state index contributed by atoms with van der Waals surface area (Å²) in [4.78, 5) is 23.4. The monoisotopic (exact) mass is 337 g/mol. The SMILES string of the molecule is C[C@@H]1C[NH+](CC(=O)NCCNc2ccc([N+](=O)[O-])cc2)C[C@@H](C)O1. The number of carbonyl (C=O) groups is 1. The summed E-state index contributed by atoms with van der Waals surface area (Å²) in [6.07, 6.45) is 0.362. The van der Waals surface area contributed by atoms with Crippen LogP contribution in [-0.4, -0.2) is 55.8 Å². The largest absolute Gasteiger partial charge is 0.383 e. The summed E-state index contributed by atoms with van der Waals surface area (Å²) in [5, 5.41) is 16.6. The number of benzene rings is 1. The number of hydrogen-bond donors (Lipinski definition) is 3. The third kappa shape index (κ3) is 5.78. The van der Waals surface area contributed by atoms with Crippen LogP contribution < -0.4 is 15.5 Å². The Morgan fingerprint density at radius 1 is 1.25 bits per heavy atom. The van der Waals surface area contributed by atoms with Crippen LogP contribution in [0.3, 0.4) is 0 Å². The maximum atomic E-state index is 12.0. The quantitative estimate of drug-likeness (QED) is 0.364. The van der Waals surface area contributed by atoms with Gasteiger partial charge in [0.15, 0.2) is 6.54 Å². The molecule has 24 heavy (non-hydrogen) atoms. The van der Waals surface area contributed by atoms with Gasteiger partial charge in [0.25, 0.3) is 11.6 Å². The van der Waals surface area contributed by atoms with Crippen molar-refractivity contribution >= 4 is 17.3 Å². The summed E-state index contributed by atoms with van der Waals surface area (Å²) in [7, 11) is 0. The predicted molar refractivity (Wildman–Crippen MR) is 90.2 cm³/mol. The first kappa shape index (κ1) is 18.2. The number of hydrogen-bond acceptors (Lipinski definition) is 5. The van der Waals surface area contributed by atoms with Gasteiger partial charge in [-0.25, -0.2) is 0 Å². The number of amides is 1. The first-order chi connectivity index (χ1) is 11.4. The topological polar surface area (TPSA) is 97.9 Å². The average Bonchev–Trinajstić information content (AvgIpc) is 2.51. The molecule has 8 nitrogen and oxygen atoms in total. The van der Waals surface area contributed by atoms with Crippen LogP contribution in [0.4, 0.5) is 11.4 Å². The van der Waals surface area contributed by atoms with Gasteiger partial charge in [0.05, 0.1) is 4.92 Å². The highest BCUT2D eigenvalue weighted by molar-refractivity contribution is 5.76. The van der Waals surface area contributed by atoms with Crippen LogP contribution in [-0.2, 0) is 9.53 Å². The van der Waals surface area contributed by atoms with Crippen LogP contribution in [0.15, 0.2) is 24.3 Å². The molecule has 1 heterocycles. The highest BCUT2D eigenvalue weighted by Gasteiger charge is 2.26. The minimum Gasteiger partial charge on any atom is -0.383 e. The third-order valence-electron chi connectivity index (χ3n) is 3.88. The number of nitrogens with one attached hydrogen (secondary N) is 3. The number of nitro groups is 1. The zero-order chi connectivity index (χ0) is 17.5. The highest BCUT2D eigenvalue weighted by Crippen LogP contribution is 2.14. The van der Waals surface area contributed by atoms with Gasteiger partial charge in [-0.3, -0.25) is 14.9 Å². The van der Waals surface area contributed by atoms with Crippen LogP contribution >= 0.6 is 0 Å². The summed E-state index contributed by atoms with van der Waals surface area (Å²) in [5.41, 5.74) is 0.849. The van der Waals surface area contributed by atoms with Crippen LogP contribution in [0.25, 0.3) is 0 Å². The fraction of sp³-hybridized carbons (Fsp3) is 0.562. The van der Waals surface area contributed by atoms with Crippen LogP contribution in [0, 0.1) is 10.1 Å². The molecule has 1 aliphatic rings. The van der Waals surface area contributed by atoms with Gasteiger partial charge in [-0.05, 0) is 26.0 Å². The second kappa shape index (κ2) is 8.60. The molecule has 1 aromatic carbocycles. The molecule has 0 unspecified atom stereocenters. The molecule has 1 fully saturated rings. The molecular formula is C16H25N4O4+. The number of nitro benzene ring substituents is 1. The lowest BCUT2D eigenvalue weighted by Crippen LogP contribution is -3.16. The highest BCUT2D eigenvalue weighted by atomic mass is 16.6. The summed E-state index contributed by atoms with van der Waals surface area (Å²) < 4.78 is 5.66. The standard InChI is InChI=1S/C16H24N4O4/c1-12-9-19(10-13(2)24-12)11-16(21)18-8-7-17-14-3-5-15(6-4-14)20(22)23/h3-6,12-13,17H,7-11H2,1-2H3,(H,18,21)/p+1/t12-,13-/m1/s1. The molecule has 1 amide bonds. The van der Waals surface area contributed by atoms with Crippen molar-refractivity contribution in [2.45, 2.75) is 26.1 Å². The van der Waals surface area contributed by atoms with Crippen molar-refractivity contribution in [3.63, 3.8) is 0 Å². The van der Waals surface area contributed by atoms with Gasteiger partial charge in [0.1, 0.15) is 25.3 Å². The molecular weight excluding hydrogens is 312 g/mol. The molecule has 0 bridgehead atoms. The molecule has 132 valence electrons. The van der Waals surface area contributed by atoms with Gasteiger partial charge >= 0.3 is 0 Å². The van der Waals surface area contributed by atoms with E-state index in [1.54, 1.807) is 12.1 Å². The zero-order valence-corrected chi connectivity index (χ0v) is 14.1. The van der Waals surface area contributed by atoms with E-state index in [9.17, 15) is 14.9 Å². The molecule has 2 rings (SSSR count). The van der Waals surface area contributed by atoms with E-state index < -0.39 is 4.92 Å². The Morgan fingerprint density at radius 2 is 1.88 bits per heavy atom. The van der Waals surface area contributed by atoms with Gasteiger partial charge in [0, 0.05) is 30.9 Å². The molecule has 0 radical (unpaired) electrons. The molecule has 0 aliphatic carbocycles. The number of quaternary nitrogens is 1. The Morgan fingerprint density at radius 3 is 2.46 bits per heavy atom. The average molecular weight is 337 g/mol. The minimum atomic E-state index is -0.431. The van der Waals surface area contributed by atoms with Crippen molar-refractivity contribution in [1.29, 1.82) is 0 Å². The number of rotatable bonds is 7. The van der Waals surface area contributed by atoms with Gasteiger partial charge in [-0.1, -0.05) is 0 Å². The maximum Gasteiger partial charge on any atom is 0.275 e. The van der Waals surface area contributed by atoms with E-state index in [-0.39, 0.29) is 23.8 Å². The summed E-state index contributed by atoms with van der Waals surface area (Å²) in [5.74, 6) is 0.0248. The zero-order valence-electron chi connectivity index (χ0n) is 14.1. The van der Waals surface area contributed by atoms with Gasteiger partial charge in [-0.15, -0.1) is 0 Å². The number of anilines is 1. The second-order valence-electron chi connectivity index (χ2n) is 6.17. The number of ether oxygens (including phenoxy) is 1. The smallest absolute Gasteiger partial charge is 0.275 e. The molecule has 0 saturated carbocycles. The van der Waals surface area contributed by atoms with Crippen molar-refractivity contribution in [3.8, 4) is 0 Å². The lowest BCUT2D eigenvalue weighted by molar-refractivity contribution is -0.907. The number of non-ortho nitro benzene ring substituents is 1. The Kier molecular flexibility index (Phi) is 6.51. The number of morpholine rings is 1. The van der Waals surface area contributed by atoms with Crippen LogP contribution in [0.1, 0.15) is 13.8 Å². The normalized spacial score (nSPS) is 23.5. The lowest BCUT2D eigenvalue weighted by atomic mass is 10.2. The lowest BCUT2D eigenvalue weighted by Gasteiger charge is -2.31. The molecule has 1 aromatic rings. The molecule has 3 N–H and O–H groups in total. The molecule has 1 saturated heterocycles. The van der Waals surface area contributed by atoms with Gasteiger partial charge < -0.3 is 20.3 Å². The van der Waals surface area contributed by atoms with E-state index in [4.69, 9.17) is 4.74 Å². The number of nitrogens with zero attached hydrogens (tertiary/aromatic N) is 1. The summed E-state index contributed by atoms with van der Waals surface area (Å²) in [6, 6.07) is 6.21. The summed E-state index contributed by atoms with van der Waals surface area (Å²) in [6.45, 7) is 7.27. The summed E-state index contributed by atoms with van der Waals surface area (Å²) >= 11 is 0. The fourth-order valence-electron chi connectivity index (χ4n) is 2.93. The Bertz CT molecular complexity index is 554. The van der Waals surface area contributed by atoms with Gasteiger partial charge in [0.2, 0.25) is 0 Å². The van der Waals surface area contributed by atoms with E-state index in [0.29, 0.717) is 19.6 Å². The van der Waals surface area contributed by atoms with E-state index in [1.165, 1.54) is 17.0 Å². The predicted octanol–water partition coefficient (Wildman–Crippen LogP) is -0.185. The first-order valence-corrected chi connectivity index (χ1v) is 8.18. The Labute approximate surface area is 141 Å². The van der Waals surface area contributed by atoms with Crippen molar-refractivity contribution in [2.75, 3.05) is 38.0 Å². The second-order valence-corrected chi connectivity index (χ2v) is 6.17. The molecule has 0 aromatic heterocycles. The molecule has 1 aliphatic heterocycles. The van der Waals surface area contributed by atoms with Crippen molar-refractivity contribution in [2.24, 2.45) is 0 Å². The molecule has 2 atom stereocenters. The Hall–Kier alpha value is -2.19. The van der Waals surface area contributed by atoms with E-state index >= 15 is 0 Å². The fourth-order valence-corrected chi connectivity index (χ4v) is 2.93.